The van der Waals surface area contributed by atoms with E-state index in [2.05, 4.69) is 6.92 Å². The van der Waals surface area contributed by atoms with E-state index in [0.717, 1.165) is 41.7 Å². The fraction of sp³-hybridized carbons (Fsp3) is 0.647. The Balaban J connectivity index is 2.26. The fourth-order valence-corrected chi connectivity index (χ4v) is 3.94. The molecule has 1 aromatic heterocycles. The number of fused-ring (bicyclic) bond motifs is 1. The fourth-order valence-electron chi connectivity index (χ4n) is 2.76. The molecule has 0 radical (unpaired) electrons. The van der Waals surface area contributed by atoms with Gasteiger partial charge in [-0.1, -0.05) is 19.8 Å². The Morgan fingerprint density at radius 1 is 1.50 bits per heavy atom. The molecule has 0 saturated carbocycles. The Bertz CT molecular complexity index is 545. The Hall–Kier alpha value is -1.36. The van der Waals surface area contributed by atoms with E-state index in [9.17, 15) is 9.59 Å². The average molecular weight is 323 g/mol. The van der Waals surface area contributed by atoms with Gasteiger partial charge < -0.3 is 9.64 Å². The Kier molecular flexibility index (Phi) is 5.27. The molecule has 1 aliphatic heterocycles. The van der Waals surface area contributed by atoms with Crippen molar-refractivity contribution in [3.8, 4) is 0 Å². The van der Waals surface area contributed by atoms with Crippen molar-refractivity contribution < 1.29 is 14.3 Å². The normalized spacial score (nSPS) is 18.0. The van der Waals surface area contributed by atoms with Gasteiger partial charge in [0, 0.05) is 11.4 Å². The molecule has 1 unspecified atom stereocenters. The zero-order valence-corrected chi connectivity index (χ0v) is 14.7. The predicted octanol–water partition coefficient (Wildman–Crippen LogP) is 4.59. The zero-order chi connectivity index (χ0) is 16.3. The molecule has 0 fully saturated rings. The number of ether oxygens (including phenoxy) is 1. The molecule has 122 valence electrons. The number of rotatable bonds is 4. The van der Waals surface area contributed by atoms with Gasteiger partial charge in [0.2, 0.25) is 0 Å². The van der Waals surface area contributed by atoms with Crippen LogP contribution in [0.2, 0.25) is 0 Å². The third kappa shape index (κ3) is 3.88. The van der Waals surface area contributed by atoms with Crippen LogP contribution in [0.4, 0.5) is 4.79 Å². The van der Waals surface area contributed by atoms with Crippen LogP contribution in [0.5, 0.6) is 0 Å². The van der Waals surface area contributed by atoms with Crippen LogP contribution in [-0.4, -0.2) is 29.4 Å². The van der Waals surface area contributed by atoms with E-state index in [1.54, 1.807) is 0 Å². The van der Waals surface area contributed by atoms with Crippen molar-refractivity contribution in [2.75, 3.05) is 6.54 Å². The molecule has 0 saturated heterocycles. The lowest BCUT2D eigenvalue weighted by molar-refractivity contribution is 0.0135. The van der Waals surface area contributed by atoms with Gasteiger partial charge in [0.1, 0.15) is 5.60 Å². The summed E-state index contributed by atoms with van der Waals surface area (Å²) in [5, 5.41) is 0. The van der Waals surface area contributed by atoms with Crippen LogP contribution in [0.3, 0.4) is 0 Å². The lowest BCUT2D eigenvalue weighted by Crippen LogP contribution is -2.42. The monoisotopic (exact) mass is 323 g/mol. The minimum atomic E-state index is -0.490. The number of aldehydes is 1. The highest BCUT2D eigenvalue weighted by Crippen LogP contribution is 2.39. The van der Waals surface area contributed by atoms with Crippen molar-refractivity contribution in [2.24, 2.45) is 0 Å². The predicted molar refractivity (Wildman–Crippen MR) is 88.6 cm³/mol. The van der Waals surface area contributed by atoms with E-state index in [4.69, 9.17) is 4.74 Å². The minimum absolute atomic E-state index is 0.0391. The smallest absolute Gasteiger partial charge is 0.410 e. The quantitative estimate of drug-likeness (QED) is 0.762. The number of carbonyl (C=O) groups excluding carboxylic acids is 2. The molecule has 5 heteroatoms. The van der Waals surface area contributed by atoms with E-state index >= 15 is 0 Å². The highest BCUT2D eigenvalue weighted by atomic mass is 32.1. The van der Waals surface area contributed by atoms with Gasteiger partial charge in [-0.15, -0.1) is 11.3 Å². The first-order valence-corrected chi connectivity index (χ1v) is 8.74. The Morgan fingerprint density at radius 2 is 2.23 bits per heavy atom. The first kappa shape index (κ1) is 17.0. The number of hydrogen-bond donors (Lipinski definition) is 0. The van der Waals surface area contributed by atoms with E-state index in [0.29, 0.717) is 6.54 Å². The number of carbonyl (C=O) groups is 2. The van der Waals surface area contributed by atoms with Crippen LogP contribution >= 0.6 is 11.3 Å². The second-order valence-corrected chi connectivity index (χ2v) is 7.85. The SMILES string of the molecule is CCCCC1c2sc(C=O)cc2CCN1C(=O)OC(C)(C)C. The molecule has 0 aromatic carbocycles. The summed E-state index contributed by atoms with van der Waals surface area (Å²) in [7, 11) is 0. The Morgan fingerprint density at radius 3 is 2.82 bits per heavy atom. The number of nitrogens with zero attached hydrogens (tertiary/aromatic N) is 1. The molecule has 2 rings (SSSR count). The molecule has 1 aromatic rings. The van der Waals surface area contributed by atoms with Gasteiger partial charge in [0.25, 0.3) is 0 Å². The lowest BCUT2D eigenvalue weighted by Gasteiger charge is -2.36. The molecule has 22 heavy (non-hydrogen) atoms. The zero-order valence-electron chi connectivity index (χ0n) is 13.8. The van der Waals surface area contributed by atoms with Gasteiger partial charge in [-0.05, 0) is 45.2 Å². The van der Waals surface area contributed by atoms with Crippen molar-refractivity contribution in [1.82, 2.24) is 4.90 Å². The molecular weight excluding hydrogens is 298 g/mol. The van der Waals surface area contributed by atoms with E-state index in [1.807, 2.05) is 31.7 Å². The van der Waals surface area contributed by atoms with Crippen molar-refractivity contribution in [2.45, 2.75) is 65.0 Å². The molecule has 2 heterocycles. The maximum Gasteiger partial charge on any atom is 0.410 e. The standard InChI is InChI=1S/C17H25NO3S/c1-5-6-7-14-15-12(10-13(11-19)22-15)8-9-18(14)16(20)21-17(2,3)4/h10-11,14H,5-9H2,1-4H3. The molecule has 0 N–H and O–H groups in total. The molecule has 1 atom stereocenters. The van der Waals surface area contributed by atoms with Crippen LogP contribution in [0.15, 0.2) is 6.07 Å². The minimum Gasteiger partial charge on any atom is -0.444 e. The van der Waals surface area contributed by atoms with Crippen LogP contribution in [-0.2, 0) is 11.2 Å². The van der Waals surface area contributed by atoms with Crippen molar-refractivity contribution in [1.29, 1.82) is 0 Å². The topological polar surface area (TPSA) is 46.6 Å². The lowest BCUT2D eigenvalue weighted by atomic mass is 9.97. The molecule has 0 aliphatic carbocycles. The van der Waals surface area contributed by atoms with Crippen molar-refractivity contribution >= 4 is 23.7 Å². The average Bonchev–Trinajstić information content (AvgIpc) is 2.86. The number of hydrogen-bond acceptors (Lipinski definition) is 4. The largest absolute Gasteiger partial charge is 0.444 e. The second-order valence-electron chi connectivity index (χ2n) is 6.74. The maximum absolute atomic E-state index is 12.5. The van der Waals surface area contributed by atoms with Gasteiger partial charge >= 0.3 is 6.09 Å². The first-order chi connectivity index (χ1) is 10.4. The first-order valence-electron chi connectivity index (χ1n) is 7.93. The van der Waals surface area contributed by atoms with Gasteiger partial charge in [0.15, 0.2) is 6.29 Å². The van der Waals surface area contributed by atoms with Crippen LogP contribution in [0.1, 0.15) is 73.1 Å². The number of amides is 1. The highest BCUT2D eigenvalue weighted by Gasteiger charge is 2.34. The molecule has 1 amide bonds. The second kappa shape index (κ2) is 6.82. The number of thiophene rings is 1. The van der Waals surface area contributed by atoms with Gasteiger partial charge in [-0.2, -0.15) is 0 Å². The third-order valence-corrected chi connectivity index (χ3v) is 4.94. The highest BCUT2D eigenvalue weighted by molar-refractivity contribution is 7.13. The van der Waals surface area contributed by atoms with Gasteiger partial charge in [0.05, 0.1) is 10.9 Å². The molecule has 0 bridgehead atoms. The van der Waals surface area contributed by atoms with Gasteiger partial charge in [-0.25, -0.2) is 4.79 Å². The number of unbranched alkanes of at least 4 members (excludes halogenated alkanes) is 1. The molecular formula is C17H25NO3S. The summed E-state index contributed by atoms with van der Waals surface area (Å²) in [6.07, 6.45) is 4.50. The summed E-state index contributed by atoms with van der Waals surface area (Å²) in [5.41, 5.74) is 0.726. The molecule has 1 aliphatic rings. The van der Waals surface area contributed by atoms with Crippen LogP contribution in [0.25, 0.3) is 0 Å². The Labute approximate surface area is 136 Å². The summed E-state index contributed by atoms with van der Waals surface area (Å²) < 4.78 is 5.56. The summed E-state index contributed by atoms with van der Waals surface area (Å²) in [6, 6.07) is 2.01. The van der Waals surface area contributed by atoms with Crippen molar-refractivity contribution in [3.63, 3.8) is 0 Å². The van der Waals surface area contributed by atoms with Crippen molar-refractivity contribution in [3.05, 3.63) is 21.4 Å². The summed E-state index contributed by atoms with van der Waals surface area (Å²) in [6.45, 7) is 8.46. The van der Waals surface area contributed by atoms with E-state index in [-0.39, 0.29) is 12.1 Å². The third-order valence-electron chi connectivity index (χ3n) is 3.74. The molecule has 0 spiro atoms. The molecule has 4 nitrogen and oxygen atoms in total. The summed E-state index contributed by atoms with van der Waals surface area (Å²) in [4.78, 5) is 27.3. The van der Waals surface area contributed by atoms with Crippen LogP contribution in [0, 0.1) is 0 Å². The van der Waals surface area contributed by atoms with E-state index < -0.39 is 5.60 Å². The van der Waals surface area contributed by atoms with E-state index in [1.165, 1.54) is 16.9 Å². The van der Waals surface area contributed by atoms with Gasteiger partial charge in [-0.3, -0.25) is 4.79 Å². The maximum atomic E-state index is 12.5. The summed E-state index contributed by atoms with van der Waals surface area (Å²) in [5.74, 6) is 0. The van der Waals surface area contributed by atoms with Crippen LogP contribution < -0.4 is 0 Å². The summed E-state index contributed by atoms with van der Waals surface area (Å²) >= 11 is 1.52.